The van der Waals surface area contributed by atoms with Crippen LogP contribution in [-0.4, -0.2) is 51.7 Å². The molecule has 1 saturated heterocycles. The van der Waals surface area contributed by atoms with Gasteiger partial charge in [-0.2, -0.15) is 5.10 Å². The summed E-state index contributed by atoms with van der Waals surface area (Å²) in [6, 6.07) is 16.5. The first-order valence-electron chi connectivity index (χ1n) is 10.3. The molecule has 1 aromatic heterocycles. The highest BCUT2D eigenvalue weighted by Gasteiger charge is 2.22. The maximum Gasteiger partial charge on any atom is 0.253 e. The third kappa shape index (κ3) is 4.76. The molecule has 2 aromatic carbocycles. The third-order valence-electron chi connectivity index (χ3n) is 5.59. The van der Waals surface area contributed by atoms with Crippen molar-refractivity contribution in [2.75, 3.05) is 26.2 Å². The van der Waals surface area contributed by atoms with Crippen molar-refractivity contribution in [3.63, 3.8) is 0 Å². The lowest BCUT2D eigenvalue weighted by Gasteiger charge is -2.34. The van der Waals surface area contributed by atoms with Gasteiger partial charge in [0.15, 0.2) is 0 Å². The fraction of sp³-hybridized carbons (Fsp3) is 0.333. The SMILES string of the molecule is Cc1cc(C)n(Cc2cccc(C(=O)N3CCN(Cc4ccc(F)cc4)CC3)c2)n1. The van der Waals surface area contributed by atoms with Gasteiger partial charge in [0.1, 0.15) is 5.82 Å². The van der Waals surface area contributed by atoms with Gasteiger partial charge in [0.05, 0.1) is 12.2 Å². The zero-order chi connectivity index (χ0) is 21.1. The predicted octanol–water partition coefficient (Wildman–Crippen LogP) is 3.65. The van der Waals surface area contributed by atoms with E-state index in [0.717, 1.165) is 47.7 Å². The Hall–Kier alpha value is -2.99. The average Bonchev–Trinajstić information content (AvgIpc) is 3.06. The van der Waals surface area contributed by atoms with Crippen molar-refractivity contribution in [2.45, 2.75) is 26.9 Å². The van der Waals surface area contributed by atoms with Crippen LogP contribution in [0.5, 0.6) is 0 Å². The molecule has 30 heavy (non-hydrogen) atoms. The minimum Gasteiger partial charge on any atom is -0.336 e. The number of carbonyl (C=O) groups excluding carboxylic acids is 1. The monoisotopic (exact) mass is 406 g/mol. The van der Waals surface area contributed by atoms with E-state index < -0.39 is 0 Å². The second kappa shape index (κ2) is 8.79. The number of nitrogens with zero attached hydrogens (tertiary/aromatic N) is 4. The Labute approximate surface area is 176 Å². The zero-order valence-corrected chi connectivity index (χ0v) is 17.5. The number of carbonyl (C=O) groups is 1. The number of hydrogen-bond donors (Lipinski definition) is 0. The fourth-order valence-electron chi connectivity index (χ4n) is 3.95. The van der Waals surface area contributed by atoms with Crippen molar-refractivity contribution in [1.29, 1.82) is 0 Å². The van der Waals surface area contributed by atoms with Crippen molar-refractivity contribution in [2.24, 2.45) is 0 Å². The van der Waals surface area contributed by atoms with Gasteiger partial charge in [-0.15, -0.1) is 0 Å². The lowest BCUT2D eigenvalue weighted by Crippen LogP contribution is -2.48. The molecule has 0 radical (unpaired) electrons. The standard InChI is InChI=1S/C24H27FN4O/c1-18-14-19(2)29(26-18)17-21-4-3-5-22(15-21)24(30)28-12-10-27(11-13-28)16-20-6-8-23(25)9-7-20/h3-9,14-15H,10-13,16-17H2,1-2H3. The third-order valence-corrected chi connectivity index (χ3v) is 5.59. The maximum absolute atomic E-state index is 13.1. The number of piperazine rings is 1. The van der Waals surface area contributed by atoms with Crippen LogP contribution in [0, 0.1) is 19.7 Å². The van der Waals surface area contributed by atoms with Gasteiger partial charge in [-0.3, -0.25) is 14.4 Å². The van der Waals surface area contributed by atoms with Gasteiger partial charge in [-0.25, -0.2) is 4.39 Å². The summed E-state index contributed by atoms with van der Waals surface area (Å²) in [7, 11) is 0. The number of aryl methyl sites for hydroxylation is 2. The molecule has 6 heteroatoms. The zero-order valence-electron chi connectivity index (χ0n) is 17.5. The van der Waals surface area contributed by atoms with Crippen molar-refractivity contribution in [1.82, 2.24) is 19.6 Å². The molecule has 0 unspecified atom stereocenters. The first-order chi connectivity index (χ1) is 14.5. The fourth-order valence-corrected chi connectivity index (χ4v) is 3.95. The van der Waals surface area contributed by atoms with Crippen LogP contribution < -0.4 is 0 Å². The highest BCUT2D eigenvalue weighted by molar-refractivity contribution is 5.94. The normalized spacial score (nSPS) is 14.8. The number of benzene rings is 2. The van der Waals surface area contributed by atoms with Gasteiger partial charge >= 0.3 is 0 Å². The predicted molar refractivity (Wildman–Crippen MR) is 115 cm³/mol. The van der Waals surface area contributed by atoms with E-state index in [4.69, 9.17) is 0 Å². The molecule has 0 spiro atoms. The summed E-state index contributed by atoms with van der Waals surface area (Å²) in [6.45, 7) is 8.48. The van der Waals surface area contributed by atoms with Crippen molar-refractivity contribution >= 4 is 5.91 Å². The van der Waals surface area contributed by atoms with Crippen LogP contribution >= 0.6 is 0 Å². The van der Waals surface area contributed by atoms with Gasteiger partial charge in [-0.05, 0) is 55.3 Å². The molecule has 0 aliphatic carbocycles. The maximum atomic E-state index is 13.1. The van der Waals surface area contributed by atoms with Gasteiger partial charge in [0.25, 0.3) is 5.91 Å². The van der Waals surface area contributed by atoms with E-state index >= 15 is 0 Å². The first-order valence-corrected chi connectivity index (χ1v) is 10.3. The lowest BCUT2D eigenvalue weighted by molar-refractivity contribution is 0.0628. The Bertz CT molecular complexity index is 1020. The molecule has 1 amide bonds. The number of amides is 1. The number of rotatable bonds is 5. The largest absolute Gasteiger partial charge is 0.336 e. The molecule has 2 heterocycles. The summed E-state index contributed by atoms with van der Waals surface area (Å²) in [5, 5.41) is 4.51. The van der Waals surface area contributed by atoms with E-state index in [0.29, 0.717) is 19.6 Å². The Balaban J connectivity index is 1.36. The molecule has 0 bridgehead atoms. The minimum absolute atomic E-state index is 0.0756. The summed E-state index contributed by atoms with van der Waals surface area (Å²) in [5.74, 6) is -0.138. The highest BCUT2D eigenvalue weighted by atomic mass is 19.1. The smallest absolute Gasteiger partial charge is 0.253 e. The van der Waals surface area contributed by atoms with Gasteiger partial charge < -0.3 is 4.90 Å². The van der Waals surface area contributed by atoms with Crippen LogP contribution in [0.1, 0.15) is 32.9 Å². The Morgan fingerprint density at radius 3 is 2.33 bits per heavy atom. The molecule has 1 aliphatic rings. The molecule has 5 nitrogen and oxygen atoms in total. The van der Waals surface area contributed by atoms with E-state index in [9.17, 15) is 9.18 Å². The lowest BCUT2D eigenvalue weighted by atomic mass is 10.1. The molecular formula is C24H27FN4O. The van der Waals surface area contributed by atoms with Crippen LogP contribution in [0.25, 0.3) is 0 Å². The molecule has 3 aromatic rings. The van der Waals surface area contributed by atoms with Crippen molar-refractivity contribution in [3.05, 3.63) is 88.5 Å². The molecule has 0 saturated carbocycles. The van der Waals surface area contributed by atoms with Crippen LogP contribution in [0.2, 0.25) is 0 Å². The summed E-state index contributed by atoms with van der Waals surface area (Å²) in [5.41, 5.74) is 5.00. The number of aromatic nitrogens is 2. The summed E-state index contributed by atoms with van der Waals surface area (Å²) in [6.07, 6.45) is 0. The number of hydrogen-bond acceptors (Lipinski definition) is 3. The second-order valence-corrected chi connectivity index (χ2v) is 7.98. The molecular weight excluding hydrogens is 379 g/mol. The molecule has 0 atom stereocenters. The van der Waals surface area contributed by atoms with Crippen molar-refractivity contribution in [3.8, 4) is 0 Å². The van der Waals surface area contributed by atoms with Gasteiger partial charge in [0, 0.05) is 44.0 Å². The summed E-state index contributed by atoms with van der Waals surface area (Å²) < 4.78 is 15.0. The molecule has 156 valence electrons. The van der Waals surface area contributed by atoms with Gasteiger partial charge in [-0.1, -0.05) is 24.3 Å². The van der Waals surface area contributed by atoms with E-state index in [1.165, 1.54) is 12.1 Å². The Kier molecular flexibility index (Phi) is 5.95. The van der Waals surface area contributed by atoms with E-state index in [-0.39, 0.29) is 11.7 Å². The topological polar surface area (TPSA) is 41.4 Å². The minimum atomic E-state index is -0.214. The van der Waals surface area contributed by atoms with E-state index in [2.05, 4.69) is 16.1 Å². The van der Waals surface area contributed by atoms with Crippen molar-refractivity contribution < 1.29 is 9.18 Å². The molecule has 0 N–H and O–H groups in total. The van der Waals surface area contributed by atoms with Crippen LogP contribution in [0.3, 0.4) is 0 Å². The van der Waals surface area contributed by atoms with E-state index in [1.54, 1.807) is 0 Å². The highest BCUT2D eigenvalue weighted by Crippen LogP contribution is 2.15. The van der Waals surface area contributed by atoms with Gasteiger partial charge in [0.2, 0.25) is 0 Å². The quantitative estimate of drug-likeness (QED) is 0.650. The first kappa shape index (κ1) is 20.3. The molecule has 4 rings (SSSR count). The van der Waals surface area contributed by atoms with Crippen LogP contribution in [0.15, 0.2) is 54.6 Å². The molecule has 1 fully saturated rings. The summed E-state index contributed by atoms with van der Waals surface area (Å²) in [4.78, 5) is 17.2. The van der Waals surface area contributed by atoms with Crippen LogP contribution in [-0.2, 0) is 13.1 Å². The summed E-state index contributed by atoms with van der Waals surface area (Å²) >= 11 is 0. The van der Waals surface area contributed by atoms with E-state index in [1.807, 2.05) is 59.8 Å². The molecule has 1 aliphatic heterocycles. The van der Waals surface area contributed by atoms with Crippen LogP contribution in [0.4, 0.5) is 4.39 Å². The number of halogens is 1. The Morgan fingerprint density at radius 2 is 1.67 bits per heavy atom. The Morgan fingerprint density at radius 1 is 0.933 bits per heavy atom. The second-order valence-electron chi connectivity index (χ2n) is 7.98. The average molecular weight is 407 g/mol.